The maximum atomic E-state index is 9.81. The molecule has 0 aliphatic carbocycles. The molecule has 0 aliphatic heterocycles. The molecule has 15 heavy (non-hydrogen) atoms. The smallest absolute Gasteiger partial charge is 0.323 e. The molecule has 1 rings (SSSR count). The molecular formula is C8H10ClN3O2S. The molecule has 5 nitrogen and oxygen atoms in total. The van der Waals surface area contributed by atoms with E-state index >= 15 is 0 Å². The number of hydrogen-bond acceptors (Lipinski definition) is 3. The monoisotopic (exact) mass is 247 g/mol. The van der Waals surface area contributed by atoms with Crippen LogP contribution < -0.4 is 15.2 Å². The Morgan fingerprint density at radius 3 is 2.33 bits per heavy atom. The summed E-state index contributed by atoms with van der Waals surface area (Å²) in [4.78, 5) is 19.3. The SMILES string of the molecule is Clc1ccccc1.NC(=O)NSNC=O. The number of halogens is 1. The van der Waals surface area contributed by atoms with E-state index in [1.165, 1.54) is 0 Å². The topological polar surface area (TPSA) is 84.2 Å². The number of nitrogens with one attached hydrogen (secondary N) is 2. The van der Waals surface area contributed by atoms with Crippen molar-refractivity contribution in [1.29, 1.82) is 0 Å². The van der Waals surface area contributed by atoms with Crippen LogP contribution in [0, 0.1) is 0 Å². The zero-order valence-electron chi connectivity index (χ0n) is 7.64. The largest absolute Gasteiger partial charge is 0.351 e. The molecule has 0 bridgehead atoms. The van der Waals surface area contributed by atoms with Crippen LogP contribution in [0.3, 0.4) is 0 Å². The van der Waals surface area contributed by atoms with E-state index < -0.39 is 6.03 Å². The first-order chi connectivity index (χ1) is 7.16. The van der Waals surface area contributed by atoms with Gasteiger partial charge in [0.2, 0.25) is 6.41 Å². The van der Waals surface area contributed by atoms with E-state index in [4.69, 9.17) is 11.6 Å². The number of urea groups is 1. The van der Waals surface area contributed by atoms with Gasteiger partial charge in [0.05, 0.1) is 12.1 Å². The van der Waals surface area contributed by atoms with Gasteiger partial charge in [0.15, 0.2) is 0 Å². The highest BCUT2D eigenvalue weighted by Crippen LogP contribution is 2.03. The number of amides is 3. The van der Waals surface area contributed by atoms with Crippen molar-refractivity contribution in [2.24, 2.45) is 5.73 Å². The third kappa shape index (κ3) is 10.5. The Hall–Kier alpha value is -1.40. The number of primary amides is 1. The minimum Gasteiger partial charge on any atom is -0.351 e. The average Bonchev–Trinajstić information content (AvgIpc) is 2.20. The first kappa shape index (κ1) is 13.6. The van der Waals surface area contributed by atoms with Crippen LogP contribution in [0.2, 0.25) is 5.02 Å². The van der Waals surface area contributed by atoms with Crippen molar-refractivity contribution in [3.63, 3.8) is 0 Å². The van der Waals surface area contributed by atoms with Crippen molar-refractivity contribution in [2.45, 2.75) is 0 Å². The van der Waals surface area contributed by atoms with Crippen molar-refractivity contribution in [2.75, 3.05) is 0 Å². The van der Waals surface area contributed by atoms with Crippen molar-refractivity contribution >= 4 is 36.2 Å². The van der Waals surface area contributed by atoms with Crippen LogP contribution in [0.1, 0.15) is 0 Å². The van der Waals surface area contributed by atoms with Gasteiger partial charge in [-0.1, -0.05) is 29.8 Å². The molecule has 3 amide bonds. The highest BCUT2D eigenvalue weighted by Gasteiger charge is 1.86. The Balaban J connectivity index is 0.000000262. The lowest BCUT2D eigenvalue weighted by Crippen LogP contribution is -2.26. The molecule has 82 valence electrons. The minimum atomic E-state index is -0.690. The Labute approximate surface area is 96.6 Å². The Bertz CT molecular complexity index is 297. The Morgan fingerprint density at radius 1 is 1.40 bits per heavy atom. The van der Waals surface area contributed by atoms with E-state index in [1.54, 1.807) is 0 Å². The predicted molar refractivity (Wildman–Crippen MR) is 61.0 cm³/mol. The summed E-state index contributed by atoms with van der Waals surface area (Å²) in [5.41, 5.74) is 4.61. The molecular weight excluding hydrogens is 238 g/mol. The van der Waals surface area contributed by atoms with Crippen LogP contribution in [0.4, 0.5) is 4.79 Å². The third-order valence-electron chi connectivity index (χ3n) is 0.992. The number of carbonyl (C=O) groups is 2. The second-order valence-electron chi connectivity index (χ2n) is 2.10. The molecule has 0 aromatic heterocycles. The first-order valence-electron chi connectivity index (χ1n) is 3.78. The fourth-order valence-corrected chi connectivity index (χ4v) is 0.872. The summed E-state index contributed by atoms with van der Waals surface area (Å²) in [6.07, 6.45) is 0.431. The summed E-state index contributed by atoms with van der Waals surface area (Å²) in [7, 11) is 0. The molecule has 0 radical (unpaired) electrons. The highest BCUT2D eigenvalue weighted by atomic mass is 35.5. The number of benzene rings is 1. The molecule has 0 saturated heterocycles. The van der Waals surface area contributed by atoms with E-state index in [-0.39, 0.29) is 0 Å². The van der Waals surface area contributed by atoms with Gasteiger partial charge in [0, 0.05) is 5.02 Å². The van der Waals surface area contributed by atoms with E-state index in [0.717, 1.165) is 17.2 Å². The van der Waals surface area contributed by atoms with Gasteiger partial charge < -0.3 is 5.73 Å². The number of rotatable bonds is 3. The molecule has 0 spiro atoms. The molecule has 0 saturated carbocycles. The zero-order valence-corrected chi connectivity index (χ0v) is 9.22. The predicted octanol–water partition coefficient (Wildman–Crippen LogP) is 1.30. The third-order valence-corrected chi connectivity index (χ3v) is 1.76. The van der Waals surface area contributed by atoms with Gasteiger partial charge in [-0.05, 0) is 12.1 Å². The summed E-state index contributed by atoms with van der Waals surface area (Å²) in [6, 6.07) is 8.75. The molecule has 0 aliphatic rings. The van der Waals surface area contributed by atoms with Crippen LogP contribution in [0.25, 0.3) is 0 Å². The molecule has 0 atom stereocenters. The average molecular weight is 248 g/mol. The fourth-order valence-electron chi connectivity index (χ4n) is 0.518. The molecule has 4 N–H and O–H groups in total. The van der Waals surface area contributed by atoms with E-state index in [1.807, 2.05) is 30.3 Å². The van der Waals surface area contributed by atoms with Gasteiger partial charge in [-0.2, -0.15) is 0 Å². The normalized spacial score (nSPS) is 8.07. The fraction of sp³-hybridized carbons (Fsp3) is 0. The standard InChI is InChI=1S/C6H5Cl.C2H5N3O2S/c7-6-4-2-1-3-5-6;3-2(7)5-8-4-1-6/h1-5H;1H,(H,4,6)(H3,3,5,7). The highest BCUT2D eigenvalue weighted by molar-refractivity contribution is 7.96. The quantitative estimate of drug-likeness (QED) is 0.428. The van der Waals surface area contributed by atoms with Gasteiger partial charge >= 0.3 is 6.03 Å². The number of hydrogen-bond donors (Lipinski definition) is 3. The van der Waals surface area contributed by atoms with Gasteiger partial charge in [-0.15, -0.1) is 0 Å². The van der Waals surface area contributed by atoms with Crippen molar-refractivity contribution in [3.8, 4) is 0 Å². The van der Waals surface area contributed by atoms with Crippen LogP contribution in [0.15, 0.2) is 30.3 Å². The second kappa shape index (κ2) is 9.17. The molecule has 7 heteroatoms. The Kier molecular flexibility index (Phi) is 8.31. The maximum absolute atomic E-state index is 9.81. The first-order valence-corrected chi connectivity index (χ1v) is 4.97. The molecule has 1 aromatic rings. The summed E-state index contributed by atoms with van der Waals surface area (Å²) in [6.45, 7) is 0. The van der Waals surface area contributed by atoms with Crippen molar-refractivity contribution < 1.29 is 9.59 Å². The molecule has 0 unspecified atom stereocenters. The van der Waals surface area contributed by atoms with Gasteiger partial charge in [-0.25, -0.2) is 4.79 Å². The number of carbonyl (C=O) groups excluding carboxylic acids is 2. The zero-order chi connectivity index (χ0) is 11.5. The van der Waals surface area contributed by atoms with Gasteiger partial charge in [0.25, 0.3) is 0 Å². The van der Waals surface area contributed by atoms with E-state index in [2.05, 4.69) is 15.2 Å². The Morgan fingerprint density at radius 2 is 2.00 bits per heavy atom. The van der Waals surface area contributed by atoms with Crippen LogP contribution in [-0.4, -0.2) is 12.4 Å². The van der Waals surface area contributed by atoms with Crippen LogP contribution in [0.5, 0.6) is 0 Å². The molecule has 1 aromatic carbocycles. The van der Waals surface area contributed by atoms with Crippen LogP contribution in [-0.2, 0) is 4.79 Å². The van der Waals surface area contributed by atoms with Gasteiger partial charge in [-0.3, -0.25) is 14.2 Å². The maximum Gasteiger partial charge on any atom is 0.323 e. The molecule has 0 heterocycles. The number of nitrogens with two attached hydrogens (primary N) is 1. The summed E-state index contributed by atoms with van der Waals surface area (Å²) < 4.78 is 4.16. The van der Waals surface area contributed by atoms with Crippen molar-refractivity contribution in [3.05, 3.63) is 35.4 Å². The van der Waals surface area contributed by atoms with E-state index in [0.29, 0.717) is 6.41 Å². The van der Waals surface area contributed by atoms with Gasteiger partial charge in [0.1, 0.15) is 0 Å². The lowest BCUT2D eigenvalue weighted by atomic mass is 10.4. The second-order valence-corrected chi connectivity index (χ2v) is 3.18. The summed E-state index contributed by atoms with van der Waals surface area (Å²) in [5, 5.41) is 0.794. The summed E-state index contributed by atoms with van der Waals surface area (Å²) in [5.74, 6) is 0. The van der Waals surface area contributed by atoms with Crippen molar-refractivity contribution in [1.82, 2.24) is 9.44 Å². The minimum absolute atomic E-state index is 0.431. The lowest BCUT2D eigenvalue weighted by Gasteiger charge is -1.93. The molecule has 0 fully saturated rings. The lowest BCUT2D eigenvalue weighted by molar-refractivity contribution is -0.107. The summed E-state index contributed by atoms with van der Waals surface area (Å²) >= 11 is 6.26. The van der Waals surface area contributed by atoms with E-state index in [9.17, 15) is 9.59 Å². The van der Waals surface area contributed by atoms with Crippen LogP contribution >= 0.6 is 23.7 Å².